The van der Waals surface area contributed by atoms with Crippen molar-refractivity contribution in [3.63, 3.8) is 0 Å². The van der Waals surface area contributed by atoms with Crippen molar-refractivity contribution in [1.29, 1.82) is 0 Å². The molecule has 0 heterocycles. The fourth-order valence-corrected chi connectivity index (χ4v) is 1.58. The number of primary amides is 1. The number of nitrogens with two attached hydrogens (primary N) is 2. The van der Waals surface area contributed by atoms with Gasteiger partial charge in [0.25, 0.3) is 5.91 Å². The fraction of sp³-hybridized carbons (Fsp3) is 0.200. The third kappa shape index (κ3) is 4.31. The van der Waals surface area contributed by atoms with Crippen LogP contribution in [0.5, 0.6) is 0 Å². The topological polar surface area (TPSA) is 110 Å². The van der Waals surface area contributed by atoms with E-state index in [1.54, 1.807) is 18.2 Å². The van der Waals surface area contributed by atoms with E-state index in [2.05, 4.69) is 26.6 Å². The molecule has 0 fully saturated rings. The summed E-state index contributed by atoms with van der Waals surface area (Å²) in [6.45, 7) is 0.564. The van der Waals surface area contributed by atoms with Gasteiger partial charge in [-0.1, -0.05) is 15.9 Å². The zero-order valence-corrected chi connectivity index (χ0v) is 10.6. The van der Waals surface area contributed by atoms with Crippen LogP contribution in [0.25, 0.3) is 0 Å². The van der Waals surface area contributed by atoms with Crippen molar-refractivity contribution in [2.45, 2.75) is 0 Å². The van der Waals surface area contributed by atoms with Crippen LogP contribution in [0, 0.1) is 0 Å². The van der Waals surface area contributed by atoms with Crippen LogP contribution in [-0.4, -0.2) is 25.0 Å². The number of urea groups is 1. The molecular weight excluding hydrogens is 288 g/mol. The van der Waals surface area contributed by atoms with Gasteiger partial charge in [0.1, 0.15) is 0 Å². The third-order valence-corrected chi connectivity index (χ3v) is 2.46. The van der Waals surface area contributed by atoms with Gasteiger partial charge in [-0.2, -0.15) is 0 Å². The van der Waals surface area contributed by atoms with Gasteiger partial charge >= 0.3 is 6.03 Å². The van der Waals surface area contributed by atoms with Crippen LogP contribution in [0.4, 0.5) is 10.5 Å². The maximum absolute atomic E-state index is 11.7. The predicted octanol–water partition coefficient (Wildman–Crippen LogP) is 0.429. The second-order valence-electron chi connectivity index (χ2n) is 3.28. The van der Waals surface area contributed by atoms with E-state index in [0.29, 0.717) is 11.3 Å². The molecule has 17 heavy (non-hydrogen) atoms. The minimum atomic E-state index is -0.623. The van der Waals surface area contributed by atoms with Crippen molar-refractivity contribution in [2.75, 3.05) is 18.8 Å². The molecule has 0 aliphatic heterocycles. The Morgan fingerprint density at radius 3 is 2.47 bits per heavy atom. The summed E-state index contributed by atoms with van der Waals surface area (Å²) in [5.41, 5.74) is 11.4. The SMILES string of the molecule is NC(=O)NCCNC(=O)c1ccc(Br)cc1N. The molecule has 6 N–H and O–H groups in total. The number of amides is 3. The van der Waals surface area contributed by atoms with E-state index >= 15 is 0 Å². The highest BCUT2D eigenvalue weighted by molar-refractivity contribution is 9.10. The normalized spacial score (nSPS) is 9.71. The Balaban J connectivity index is 2.50. The van der Waals surface area contributed by atoms with E-state index < -0.39 is 6.03 Å². The summed E-state index contributed by atoms with van der Waals surface area (Å²) in [6, 6.07) is 4.38. The van der Waals surface area contributed by atoms with Crippen LogP contribution in [0.15, 0.2) is 22.7 Å². The lowest BCUT2D eigenvalue weighted by atomic mass is 10.1. The third-order valence-electron chi connectivity index (χ3n) is 1.97. The summed E-state index contributed by atoms with van der Waals surface area (Å²) >= 11 is 3.25. The number of hydrogen-bond acceptors (Lipinski definition) is 3. The van der Waals surface area contributed by atoms with Gasteiger partial charge in [0, 0.05) is 23.2 Å². The molecule has 0 aliphatic rings. The molecule has 1 aromatic carbocycles. The molecule has 0 spiro atoms. The van der Waals surface area contributed by atoms with E-state index in [1.165, 1.54) is 0 Å². The lowest BCUT2D eigenvalue weighted by molar-refractivity contribution is 0.0955. The summed E-state index contributed by atoms with van der Waals surface area (Å²) in [6.07, 6.45) is 0. The van der Waals surface area contributed by atoms with Gasteiger partial charge in [0.2, 0.25) is 0 Å². The van der Waals surface area contributed by atoms with E-state index in [-0.39, 0.29) is 19.0 Å². The molecule has 1 aromatic rings. The maximum atomic E-state index is 11.7. The van der Waals surface area contributed by atoms with Crippen LogP contribution in [0.3, 0.4) is 0 Å². The highest BCUT2D eigenvalue weighted by Crippen LogP contribution is 2.18. The average molecular weight is 301 g/mol. The number of nitrogens with one attached hydrogen (secondary N) is 2. The van der Waals surface area contributed by atoms with Gasteiger partial charge < -0.3 is 22.1 Å². The Kier molecular flexibility index (Phi) is 4.77. The van der Waals surface area contributed by atoms with Gasteiger partial charge in [-0.3, -0.25) is 4.79 Å². The molecule has 0 saturated heterocycles. The highest BCUT2D eigenvalue weighted by atomic mass is 79.9. The van der Waals surface area contributed by atoms with E-state index in [9.17, 15) is 9.59 Å². The fourth-order valence-electron chi connectivity index (χ4n) is 1.20. The molecule has 0 radical (unpaired) electrons. The Labute approximate surface area is 107 Å². The largest absolute Gasteiger partial charge is 0.398 e. The Hall–Kier alpha value is -1.76. The first-order chi connectivity index (χ1) is 8.00. The summed E-state index contributed by atoms with van der Waals surface area (Å²) in [7, 11) is 0. The molecule has 0 bridgehead atoms. The smallest absolute Gasteiger partial charge is 0.312 e. The molecule has 6 nitrogen and oxygen atoms in total. The first-order valence-electron chi connectivity index (χ1n) is 4.87. The first kappa shape index (κ1) is 13.3. The predicted molar refractivity (Wildman–Crippen MR) is 68.5 cm³/mol. The summed E-state index contributed by atoms with van der Waals surface area (Å²) < 4.78 is 0.807. The minimum Gasteiger partial charge on any atom is -0.398 e. The Bertz CT molecular complexity index is 436. The second kappa shape index (κ2) is 6.09. The van der Waals surface area contributed by atoms with Crippen molar-refractivity contribution in [1.82, 2.24) is 10.6 Å². The van der Waals surface area contributed by atoms with Crippen molar-refractivity contribution < 1.29 is 9.59 Å². The van der Waals surface area contributed by atoms with Crippen LogP contribution >= 0.6 is 15.9 Å². The van der Waals surface area contributed by atoms with E-state index in [4.69, 9.17) is 11.5 Å². The van der Waals surface area contributed by atoms with Crippen LogP contribution in [-0.2, 0) is 0 Å². The van der Waals surface area contributed by atoms with Gasteiger partial charge in [0.15, 0.2) is 0 Å². The molecule has 0 aliphatic carbocycles. The second-order valence-corrected chi connectivity index (χ2v) is 4.19. The Morgan fingerprint density at radius 1 is 1.24 bits per heavy atom. The summed E-state index contributed by atoms with van der Waals surface area (Å²) in [4.78, 5) is 22.0. The lowest BCUT2D eigenvalue weighted by Gasteiger charge is -2.07. The molecular formula is C10H13BrN4O2. The van der Waals surface area contributed by atoms with Crippen LogP contribution < -0.4 is 22.1 Å². The van der Waals surface area contributed by atoms with Crippen LogP contribution in [0.1, 0.15) is 10.4 Å². The maximum Gasteiger partial charge on any atom is 0.312 e. The number of hydrogen-bond donors (Lipinski definition) is 4. The summed E-state index contributed by atoms with van der Waals surface area (Å²) in [5, 5.41) is 4.97. The molecule has 7 heteroatoms. The highest BCUT2D eigenvalue weighted by Gasteiger charge is 2.08. The number of halogens is 1. The van der Waals surface area contributed by atoms with Crippen molar-refractivity contribution in [3.05, 3.63) is 28.2 Å². The monoisotopic (exact) mass is 300 g/mol. The molecule has 3 amide bonds. The van der Waals surface area contributed by atoms with Crippen LogP contribution in [0.2, 0.25) is 0 Å². The molecule has 0 aromatic heterocycles. The van der Waals surface area contributed by atoms with Gasteiger partial charge in [-0.25, -0.2) is 4.79 Å². The Morgan fingerprint density at radius 2 is 1.88 bits per heavy atom. The average Bonchev–Trinajstić information content (AvgIpc) is 2.23. The number of nitrogen functional groups attached to an aromatic ring is 1. The number of rotatable bonds is 4. The molecule has 0 unspecified atom stereocenters. The van der Waals surface area contributed by atoms with E-state index in [0.717, 1.165) is 4.47 Å². The zero-order valence-electron chi connectivity index (χ0n) is 9.00. The number of anilines is 1. The number of benzene rings is 1. The first-order valence-corrected chi connectivity index (χ1v) is 5.66. The zero-order chi connectivity index (χ0) is 12.8. The van der Waals surface area contributed by atoms with Crippen molar-refractivity contribution >= 4 is 33.6 Å². The lowest BCUT2D eigenvalue weighted by Crippen LogP contribution is -2.37. The molecule has 1 rings (SSSR count). The quantitative estimate of drug-likeness (QED) is 0.478. The molecule has 0 atom stereocenters. The van der Waals surface area contributed by atoms with E-state index in [1.807, 2.05) is 0 Å². The van der Waals surface area contributed by atoms with Crippen molar-refractivity contribution in [2.24, 2.45) is 5.73 Å². The minimum absolute atomic E-state index is 0.275. The molecule has 0 saturated carbocycles. The number of carbonyl (C=O) groups is 2. The van der Waals surface area contributed by atoms with Gasteiger partial charge in [-0.05, 0) is 18.2 Å². The van der Waals surface area contributed by atoms with Gasteiger partial charge in [0.05, 0.1) is 5.56 Å². The summed E-state index contributed by atoms with van der Waals surface area (Å²) in [5.74, 6) is -0.290. The number of carbonyl (C=O) groups excluding carboxylic acids is 2. The van der Waals surface area contributed by atoms with Crippen molar-refractivity contribution in [3.8, 4) is 0 Å². The standard InChI is InChI=1S/C10H13BrN4O2/c11-6-1-2-7(8(12)5-6)9(16)14-3-4-15-10(13)17/h1-2,5H,3-4,12H2,(H,14,16)(H3,13,15,17). The molecule has 92 valence electrons. The van der Waals surface area contributed by atoms with Gasteiger partial charge in [-0.15, -0.1) is 0 Å².